The summed E-state index contributed by atoms with van der Waals surface area (Å²) in [5.41, 5.74) is 9.72. The third-order valence-corrected chi connectivity index (χ3v) is 5.10. The molecule has 0 amide bonds. The van der Waals surface area contributed by atoms with Gasteiger partial charge in [0.1, 0.15) is 5.52 Å². The van der Waals surface area contributed by atoms with E-state index in [2.05, 4.69) is 10.3 Å². The Hall–Kier alpha value is -0.840. The van der Waals surface area contributed by atoms with Gasteiger partial charge in [-0.1, -0.05) is 24.4 Å². The van der Waals surface area contributed by atoms with Gasteiger partial charge in [0.15, 0.2) is 0 Å². The largest absolute Gasteiger partial charge is 0.379 e. The summed E-state index contributed by atoms with van der Waals surface area (Å²) in [6.45, 7) is 0.738. The Morgan fingerprint density at radius 2 is 2.21 bits per heavy atom. The molecule has 0 saturated heterocycles. The molecule has 0 radical (unpaired) electrons. The van der Waals surface area contributed by atoms with Crippen LogP contribution in [-0.4, -0.2) is 17.6 Å². The summed E-state index contributed by atoms with van der Waals surface area (Å²) >= 11 is 7.99. The van der Waals surface area contributed by atoms with Crippen molar-refractivity contribution in [3.8, 4) is 0 Å². The van der Waals surface area contributed by atoms with Crippen LogP contribution >= 0.6 is 22.9 Å². The molecule has 1 aromatic carbocycles. The number of anilines is 1. The molecule has 1 heterocycles. The average Bonchev–Trinajstić information content (AvgIpc) is 2.91. The summed E-state index contributed by atoms with van der Waals surface area (Å²) in [5.74, 6) is 0.540. The molecular formula is C14H18ClN3S. The minimum atomic E-state index is 0.420. The van der Waals surface area contributed by atoms with E-state index in [1.165, 1.54) is 30.4 Å². The lowest BCUT2D eigenvalue weighted by molar-refractivity contribution is 0.333. The minimum Gasteiger partial charge on any atom is -0.379 e. The van der Waals surface area contributed by atoms with Crippen LogP contribution in [0.3, 0.4) is 0 Å². The molecule has 19 heavy (non-hydrogen) atoms. The van der Waals surface area contributed by atoms with Crippen LogP contribution in [0.2, 0.25) is 5.02 Å². The van der Waals surface area contributed by atoms with Crippen molar-refractivity contribution < 1.29 is 0 Å². The molecule has 3 nitrogen and oxygen atoms in total. The molecule has 0 bridgehead atoms. The summed E-state index contributed by atoms with van der Waals surface area (Å²) in [4.78, 5) is 4.44. The highest BCUT2D eigenvalue weighted by atomic mass is 35.5. The van der Waals surface area contributed by atoms with E-state index in [9.17, 15) is 0 Å². The van der Waals surface area contributed by atoms with Crippen molar-refractivity contribution in [3.63, 3.8) is 0 Å². The zero-order valence-electron chi connectivity index (χ0n) is 10.7. The molecule has 3 N–H and O–H groups in total. The molecule has 1 aromatic heterocycles. The SMILES string of the molecule is NCC1CCCCC1Nc1c(Cl)ccc2scnc12. The van der Waals surface area contributed by atoms with E-state index in [1.807, 2.05) is 17.6 Å². The average molecular weight is 296 g/mol. The van der Waals surface area contributed by atoms with E-state index in [1.54, 1.807) is 11.3 Å². The van der Waals surface area contributed by atoms with Crippen LogP contribution in [0.5, 0.6) is 0 Å². The van der Waals surface area contributed by atoms with E-state index in [-0.39, 0.29) is 0 Å². The van der Waals surface area contributed by atoms with Gasteiger partial charge in [-0.05, 0) is 37.4 Å². The van der Waals surface area contributed by atoms with Crippen LogP contribution in [0.1, 0.15) is 25.7 Å². The fourth-order valence-electron chi connectivity index (χ4n) is 2.91. The van der Waals surface area contributed by atoms with Crippen molar-refractivity contribution in [1.29, 1.82) is 0 Å². The second kappa shape index (κ2) is 5.65. The summed E-state index contributed by atoms with van der Waals surface area (Å²) in [6, 6.07) is 4.40. The highest BCUT2D eigenvalue weighted by Gasteiger charge is 2.25. The van der Waals surface area contributed by atoms with Crippen LogP contribution in [-0.2, 0) is 0 Å². The van der Waals surface area contributed by atoms with Gasteiger partial charge in [-0.15, -0.1) is 11.3 Å². The molecule has 0 aliphatic heterocycles. The van der Waals surface area contributed by atoms with Crippen molar-refractivity contribution >= 4 is 38.8 Å². The van der Waals surface area contributed by atoms with Gasteiger partial charge in [-0.2, -0.15) is 0 Å². The number of nitrogens with zero attached hydrogens (tertiary/aromatic N) is 1. The maximum atomic E-state index is 6.34. The molecule has 0 spiro atoms. The topological polar surface area (TPSA) is 50.9 Å². The van der Waals surface area contributed by atoms with Crippen molar-refractivity contribution in [2.24, 2.45) is 11.7 Å². The number of hydrogen-bond donors (Lipinski definition) is 2. The fraction of sp³-hybridized carbons (Fsp3) is 0.500. The smallest absolute Gasteiger partial charge is 0.106 e. The van der Waals surface area contributed by atoms with E-state index in [4.69, 9.17) is 17.3 Å². The summed E-state index contributed by atoms with van der Waals surface area (Å²) in [6.07, 6.45) is 4.92. The molecule has 5 heteroatoms. The Kier molecular flexibility index (Phi) is 3.91. The highest BCUT2D eigenvalue weighted by Crippen LogP contribution is 2.35. The zero-order valence-corrected chi connectivity index (χ0v) is 12.3. The summed E-state index contributed by atoms with van der Waals surface area (Å²) in [7, 11) is 0. The molecule has 2 atom stereocenters. The lowest BCUT2D eigenvalue weighted by Gasteiger charge is -2.32. The number of rotatable bonds is 3. The van der Waals surface area contributed by atoms with E-state index < -0.39 is 0 Å². The Morgan fingerprint density at radius 3 is 3.05 bits per heavy atom. The standard InChI is InChI=1S/C14H18ClN3S/c15-10-5-6-12-14(17-8-19-12)13(10)18-11-4-2-1-3-9(11)7-16/h5-6,8-9,11,18H,1-4,7,16H2. The molecule has 2 unspecified atom stereocenters. The lowest BCUT2D eigenvalue weighted by Crippen LogP contribution is -2.36. The Labute approximate surface area is 122 Å². The summed E-state index contributed by atoms with van der Waals surface area (Å²) in [5, 5.41) is 4.36. The predicted molar refractivity (Wildman–Crippen MR) is 83.1 cm³/mol. The number of hydrogen-bond acceptors (Lipinski definition) is 4. The predicted octanol–water partition coefficient (Wildman–Crippen LogP) is 3.88. The number of aromatic nitrogens is 1. The van der Waals surface area contributed by atoms with Crippen LogP contribution in [0.4, 0.5) is 5.69 Å². The number of nitrogens with two attached hydrogens (primary N) is 1. The number of thiazole rings is 1. The van der Waals surface area contributed by atoms with Crippen LogP contribution in [0, 0.1) is 5.92 Å². The maximum absolute atomic E-state index is 6.34. The van der Waals surface area contributed by atoms with Crippen molar-refractivity contribution in [2.75, 3.05) is 11.9 Å². The highest BCUT2D eigenvalue weighted by molar-refractivity contribution is 7.16. The first-order chi connectivity index (χ1) is 9.29. The van der Waals surface area contributed by atoms with Crippen molar-refractivity contribution in [2.45, 2.75) is 31.7 Å². The first-order valence-corrected chi connectivity index (χ1v) is 8.03. The van der Waals surface area contributed by atoms with Crippen molar-refractivity contribution in [1.82, 2.24) is 4.98 Å². The summed E-state index contributed by atoms with van der Waals surface area (Å²) < 4.78 is 1.17. The molecule has 102 valence electrons. The minimum absolute atomic E-state index is 0.420. The zero-order chi connectivity index (χ0) is 13.2. The molecule has 1 aliphatic rings. The van der Waals surface area contributed by atoms with Gasteiger partial charge in [0, 0.05) is 6.04 Å². The molecule has 1 fully saturated rings. The van der Waals surface area contributed by atoms with Crippen LogP contribution < -0.4 is 11.1 Å². The Balaban J connectivity index is 1.91. The van der Waals surface area contributed by atoms with Gasteiger partial charge in [-0.3, -0.25) is 0 Å². The Bertz CT molecular complexity index is 569. The van der Waals surface area contributed by atoms with E-state index in [0.717, 1.165) is 22.8 Å². The number of halogens is 1. The Morgan fingerprint density at radius 1 is 1.37 bits per heavy atom. The molecular weight excluding hydrogens is 278 g/mol. The maximum Gasteiger partial charge on any atom is 0.106 e. The third-order valence-electron chi connectivity index (χ3n) is 3.99. The first kappa shape index (κ1) is 13.2. The number of nitrogens with one attached hydrogen (secondary N) is 1. The van der Waals surface area contributed by atoms with Gasteiger partial charge >= 0.3 is 0 Å². The second-order valence-electron chi connectivity index (χ2n) is 5.15. The normalized spacial score (nSPS) is 23.7. The quantitative estimate of drug-likeness (QED) is 0.903. The van der Waals surface area contributed by atoms with Crippen molar-refractivity contribution in [3.05, 3.63) is 22.7 Å². The number of benzene rings is 1. The number of fused-ring (bicyclic) bond motifs is 1. The van der Waals surface area contributed by atoms with Gasteiger partial charge < -0.3 is 11.1 Å². The van der Waals surface area contributed by atoms with Gasteiger partial charge in [0.2, 0.25) is 0 Å². The van der Waals surface area contributed by atoms with Crippen LogP contribution in [0.15, 0.2) is 17.6 Å². The van der Waals surface area contributed by atoms with Gasteiger partial charge in [-0.25, -0.2) is 4.98 Å². The van der Waals surface area contributed by atoms with E-state index in [0.29, 0.717) is 12.0 Å². The molecule has 2 aromatic rings. The lowest BCUT2D eigenvalue weighted by atomic mass is 9.84. The first-order valence-electron chi connectivity index (χ1n) is 6.78. The van der Waals surface area contributed by atoms with Gasteiger partial charge in [0.05, 0.1) is 20.9 Å². The fourth-order valence-corrected chi connectivity index (χ4v) is 3.80. The third kappa shape index (κ3) is 2.57. The van der Waals surface area contributed by atoms with E-state index >= 15 is 0 Å². The second-order valence-corrected chi connectivity index (χ2v) is 6.45. The molecule has 1 aliphatic carbocycles. The molecule has 1 saturated carbocycles. The monoisotopic (exact) mass is 295 g/mol. The molecule has 3 rings (SSSR count). The van der Waals surface area contributed by atoms with Crippen LogP contribution in [0.25, 0.3) is 10.2 Å². The van der Waals surface area contributed by atoms with Gasteiger partial charge in [0.25, 0.3) is 0 Å².